The highest BCUT2D eigenvalue weighted by molar-refractivity contribution is 7.13. The number of aromatic nitrogens is 1. The van der Waals surface area contributed by atoms with E-state index < -0.39 is 46.0 Å². The number of thiazole rings is 1. The topological polar surface area (TPSA) is 42.0 Å². The molecule has 0 saturated carbocycles. The minimum absolute atomic E-state index is 0.121. The van der Waals surface area contributed by atoms with Crippen LogP contribution in [0.25, 0.3) is 11.1 Å². The Labute approximate surface area is 160 Å². The smallest absolute Gasteiger partial charge is 0.282 e. The fourth-order valence-electron chi connectivity index (χ4n) is 2.60. The first-order valence-electron chi connectivity index (χ1n) is 8.00. The molecule has 9 heteroatoms. The van der Waals surface area contributed by atoms with Gasteiger partial charge in [0.2, 0.25) is 0 Å². The van der Waals surface area contributed by atoms with Crippen molar-refractivity contribution in [2.24, 2.45) is 0 Å². The first kappa shape index (κ1) is 19.9. The van der Waals surface area contributed by atoms with Crippen LogP contribution < -0.4 is 5.32 Å². The first-order valence-corrected chi connectivity index (χ1v) is 8.82. The number of benzene rings is 2. The maximum atomic E-state index is 14.4. The highest BCUT2D eigenvalue weighted by Crippen LogP contribution is 2.35. The summed E-state index contributed by atoms with van der Waals surface area (Å²) in [5.74, 6) is -5.92. The number of anilines is 1. The molecule has 0 saturated heterocycles. The van der Waals surface area contributed by atoms with Crippen LogP contribution in [0.5, 0.6) is 0 Å². The number of carbonyl (C=O) groups is 1. The lowest BCUT2D eigenvalue weighted by Gasteiger charge is -2.14. The zero-order valence-electron chi connectivity index (χ0n) is 14.6. The molecular weight excluding hydrogens is 399 g/mol. The fourth-order valence-corrected chi connectivity index (χ4v) is 3.42. The quantitative estimate of drug-likeness (QED) is 0.420. The summed E-state index contributed by atoms with van der Waals surface area (Å²) in [4.78, 5) is 15.7. The number of carbonyl (C=O) groups excluding carboxylic acids is 1. The van der Waals surface area contributed by atoms with Crippen molar-refractivity contribution >= 4 is 22.9 Å². The van der Waals surface area contributed by atoms with E-state index in [1.54, 1.807) is 31.2 Å². The van der Waals surface area contributed by atoms with E-state index in [9.17, 15) is 26.7 Å². The zero-order valence-corrected chi connectivity index (χ0v) is 15.4. The number of halogens is 5. The standard InChI is InChI=1S/C19H13F5N2OS/c1-8-3-5-10(6-4-8)11-7-12(20)13(21)14(22)15(11)26-19(27)17-16(18(23)24)25-9(2)28-17/h3-7,18H,1-2H3,(H,26,27). The summed E-state index contributed by atoms with van der Waals surface area (Å²) in [7, 11) is 0. The number of aryl methyl sites for hydroxylation is 2. The second kappa shape index (κ2) is 7.67. The van der Waals surface area contributed by atoms with E-state index >= 15 is 0 Å². The Balaban J connectivity index is 2.10. The lowest BCUT2D eigenvalue weighted by atomic mass is 10.0. The molecule has 0 radical (unpaired) electrons. The summed E-state index contributed by atoms with van der Waals surface area (Å²) in [6.07, 6.45) is -3.02. The van der Waals surface area contributed by atoms with Gasteiger partial charge in [0.25, 0.3) is 12.3 Å². The lowest BCUT2D eigenvalue weighted by molar-refractivity contribution is 0.101. The maximum absolute atomic E-state index is 14.4. The molecule has 3 rings (SSSR count). The molecule has 3 nitrogen and oxygen atoms in total. The van der Waals surface area contributed by atoms with E-state index in [4.69, 9.17) is 0 Å². The van der Waals surface area contributed by atoms with E-state index in [-0.39, 0.29) is 10.6 Å². The molecule has 0 unspecified atom stereocenters. The van der Waals surface area contributed by atoms with Crippen molar-refractivity contribution in [1.29, 1.82) is 0 Å². The molecule has 1 aromatic heterocycles. The molecule has 0 aliphatic heterocycles. The van der Waals surface area contributed by atoms with Crippen LogP contribution in [0.4, 0.5) is 27.6 Å². The summed E-state index contributed by atoms with van der Waals surface area (Å²) in [6, 6.07) is 7.16. The van der Waals surface area contributed by atoms with Gasteiger partial charge in [-0.3, -0.25) is 4.79 Å². The Hall–Kier alpha value is -2.81. The summed E-state index contributed by atoms with van der Waals surface area (Å²) in [6.45, 7) is 3.24. The van der Waals surface area contributed by atoms with E-state index in [1.807, 2.05) is 0 Å². The predicted octanol–water partition coefficient (Wildman–Crippen LogP) is 6.03. The van der Waals surface area contributed by atoms with Gasteiger partial charge in [0.05, 0.1) is 10.7 Å². The third-order valence-corrected chi connectivity index (χ3v) is 4.92. The Bertz CT molecular complexity index is 1050. The first-order chi connectivity index (χ1) is 13.2. The molecule has 2 aromatic carbocycles. The van der Waals surface area contributed by atoms with Gasteiger partial charge in [0.1, 0.15) is 10.6 Å². The van der Waals surface area contributed by atoms with Crippen molar-refractivity contribution < 1.29 is 26.7 Å². The number of nitrogens with zero attached hydrogens (tertiary/aromatic N) is 1. The molecule has 146 valence electrons. The third kappa shape index (κ3) is 3.75. The van der Waals surface area contributed by atoms with Crippen LogP contribution in [0.2, 0.25) is 0 Å². The number of nitrogens with one attached hydrogen (secondary N) is 1. The number of amides is 1. The molecular formula is C19H13F5N2OS. The van der Waals surface area contributed by atoms with Gasteiger partial charge in [-0.2, -0.15) is 0 Å². The Morgan fingerprint density at radius 3 is 2.32 bits per heavy atom. The van der Waals surface area contributed by atoms with Gasteiger partial charge >= 0.3 is 0 Å². The largest absolute Gasteiger partial charge is 0.318 e. The SMILES string of the molecule is Cc1ccc(-c2cc(F)c(F)c(F)c2NC(=O)c2sc(C)nc2C(F)F)cc1. The average Bonchev–Trinajstić information content (AvgIpc) is 3.05. The molecule has 0 fully saturated rings. The van der Waals surface area contributed by atoms with Crippen LogP contribution in [0.1, 0.15) is 32.4 Å². The molecule has 0 bridgehead atoms. The van der Waals surface area contributed by atoms with E-state index in [1.165, 1.54) is 6.92 Å². The van der Waals surface area contributed by atoms with Crippen molar-refractivity contribution in [2.75, 3.05) is 5.32 Å². The minimum Gasteiger partial charge on any atom is -0.318 e. The second-order valence-electron chi connectivity index (χ2n) is 5.98. The summed E-state index contributed by atoms with van der Waals surface area (Å²) < 4.78 is 68.2. The fraction of sp³-hybridized carbons (Fsp3) is 0.158. The van der Waals surface area contributed by atoms with Gasteiger partial charge in [0, 0.05) is 5.56 Å². The molecule has 1 N–H and O–H groups in total. The second-order valence-corrected chi connectivity index (χ2v) is 7.18. The van der Waals surface area contributed by atoms with Gasteiger partial charge in [-0.1, -0.05) is 29.8 Å². The molecule has 0 spiro atoms. The minimum atomic E-state index is -3.02. The van der Waals surface area contributed by atoms with E-state index in [0.717, 1.165) is 11.6 Å². The van der Waals surface area contributed by atoms with Crippen molar-refractivity contribution in [1.82, 2.24) is 4.98 Å². The zero-order chi connectivity index (χ0) is 20.6. The monoisotopic (exact) mass is 412 g/mol. The summed E-state index contributed by atoms with van der Waals surface area (Å²) in [5, 5.41) is 2.31. The number of hydrogen-bond donors (Lipinski definition) is 1. The average molecular weight is 412 g/mol. The van der Waals surface area contributed by atoms with Crippen molar-refractivity contribution in [3.05, 3.63) is 68.9 Å². The molecule has 28 heavy (non-hydrogen) atoms. The Morgan fingerprint density at radius 1 is 1.07 bits per heavy atom. The lowest BCUT2D eigenvalue weighted by Crippen LogP contribution is -2.16. The molecule has 3 aromatic rings. The van der Waals surface area contributed by atoms with Gasteiger partial charge in [-0.05, 0) is 25.5 Å². The van der Waals surface area contributed by atoms with Gasteiger partial charge in [0.15, 0.2) is 17.5 Å². The molecule has 0 atom stereocenters. The Morgan fingerprint density at radius 2 is 1.71 bits per heavy atom. The molecule has 1 heterocycles. The van der Waals surface area contributed by atoms with Crippen LogP contribution in [0.15, 0.2) is 30.3 Å². The predicted molar refractivity (Wildman–Crippen MR) is 96.3 cm³/mol. The molecule has 1 amide bonds. The van der Waals surface area contributed by atoms with E-state index in [0.29, 0.717) is 16.9 Å². The van der Waals surface area contributed by atoms with Gasteiger partial charge < -0.3 is 5.32 Å². The summed E-state index contributed by atoms with van der Waals surface area (Å²) in [5.41, 5.74) is -0.323. The molecule has 0 aliphatic carbocycles. The summed E-state index contributed by atoms with van der Waals surface area (Å²) >= 11 is 0.693. The van der Waals surface area contributed by atoms with Crippen molar-refractivity contribution in [3.8, 4) is 11.1 Å². The molecule has 0 aliphatic rings. The van der Waals surface area contributed by atoms with Gasteiger partial charge in [-0.15, -0.1) is 11.3 Å². The normalized spacial score (nSPS) is 11.1. The van der Waals surface area contributed by atoms with Crippen LogP contribution in [-0.2, 0) is 0 Å². The van der Waals surface area contributed by atoms with Crippen molar-refractivity contribution in [2.45, 2.75) is 20.3 Å². The highest BCUT2D eigenvalue weighted by Gasteiger charge is 2.27. The maximum Gasteiger partial charge on any atom is 0.282 e. The van der Waals surface area contributed by atoms with Gasteiger partial charge in [-0.25, -0.2) is 26.9 Å². The van der Waals surface area contributed by atoms with Crippen LogP contribution in [-0.4, -0.2) is 10.9 Å². The van der Waals surface area contributed by atoms with Crippen molar-refractivity contribution in [3.63, 3.8) is 0 Å². The number of rotatable bonds is 4. The third-order valence-electron chi connectivity index (χ3n) is 3.94. The Kier molecular flexibility index (Phi) is 5.46. The van der Waals surface area contributed by atoms with Crippen LogP contribution >= 0.6 is 11.3 Å². The number of alkyl halides is 2. The highest BCUT2D eigenvalue weighted by atomic mass is 32.1. The van der Waals surface area contributed by atoms with E-state index in [2.05, 4.69) is 10.3 Å². The number of hydrogen-bond acceptors (Lipinski definition) is 3. The van der Waals surface area contributed by atoms with Crippen LogP contribution in [0.3, 0.4) is 0 Å². The van der Waals surface area contributed by atoms with Crippen LogP contribution in [0, 0.1) is 31.3 Å².